The minimum Gasteiger partial charge on any atom is -0.328 e. The molecule has 0 aliphatic carbocycles. The molecular formula is C21H23Cl2FN2O. The predicted molar refractivity (Wildman–Crippen MR) is 109 cm³/mol. The number of anilines is 1. The Hall–Kier alpha value is -1.62. The van der Waals surface area contributed by atoms with Crippen molar-refractivity contribution >= 4 is 35.3 Å². The third-order valence-corrected chi connectivity index (χ3v) is 5.64. The van der Waals surface area contributed by atoms with Crippen molar-refractivity contribution in [1.82, 2.24) is 5.32 Å². The molecule has 1 heterocycles. The van der Waals surface area contributed by atoms with Crippen LogP contribution in [-0.4, -0.2) is 19.0 Å². The molecule has 3 rings (SSSR count). The van der Waals surface area contributed by atoms with Crippen molar-refractivity contribution in [2.45, 2.75) is 38.6 Å². The van der Waals surface area contributed by atoms with Gasteiger partial charge in [-0.25, -0.2) is 4.39 Å². The molecule has 144 valence electrons. The first kappa shape index (κ1) is 20.1. The van der Waals surface area contributed by atoms with Crippen LogP contribution in [0.5, 0.6) is 0 Å². The highest BCUT2D eigenvalue weighted by molar-refractivity contribution is 6.31. The van der Waals surface area contributed by atoms with E-state index in [0.717, 1.165) is 11.1 Å². The van der Waals surface area contributed by atoms with E-state index in [0.29, 0.717) is 28.7 Å². The number of hydrogen-bond donors (Lipinski definition) is 2. The number of nitrogens with one attached hydrogen (secondary N) is 2. The molecule has 1 fully saturated rings. The highest BCUT2D eigenvalue weighted by atomic mass is 35.5. The van der Waals surface area contributed by atoms with Crippen LogP contribution in [-0.2, 0) is 4.79 Å². The number of amides is 1. The zero-order valence-electron chi connectivity index (χ0n) is 15.5. The molecule has 0 bridgehead atoms. The fourth-order valence-electron chi connectivity index (χ4n) is 4.10. The van der Waals surface area contributed by atoms with E-state index in [1.54, 1.807) is 12.1 Å². The highest BCUT2D eigenvalue weighted by Crippen LogP contribution is 2.48. The van der Waals surface area contributed by atoms with E-state index in [1.165, 1.54) is 6.07 Å². The summed E-state index contributed by atoms with van der Waals surface area (Å²) in [5.41, 5.74) is 2.44. The average Bonchev–Trinajstić information content (AvgIpc) is 2.99. The third kappa shape index (κ3) is 4.29. The summed E-state index contributed by atoms with van der Waals surface area (Å²) in [5.74, 6) is -0.323. The Morgan fingerprint density at radius 2 is 1.89 bits per heavy atom. The average molecular weight is 409 g/mol. The lowest BCUT2D eigenvalue weighted by molar-refractivity contribution is -0.105. The van der Waals surface area contributed by atoms with Crippen LogP contribution < -0.4 is 10.6 Å². The van der Waals surface area contributed by atoms with Crippen LogP contribution in [0.1, 0.15) is 43.7 Å². The first-order valence-electron chi connectivity index (χ1n) is 8.89. The summed E-state index contributed by atoms with van der Waals surface area (Å²) in [5, 5.41) is 7.30. The third-order valence-electron chi connectivity index (χ3n) is 5.19. The monoisotopic (exact) mass is 408 g/mol. The number of benzene rings is 2. The molecule has 1 saturated heterocycles. The van der Waals surface area contributed by atoms with Gasteiger partial charge in [-0.1, -0.05) is 50.0 Å². The minimum absolute atomic E-state index is 0.0100. The Bertz CT molecular complexity index is 830. The largest absolute Gasteiger partial charge is 0.328 e. The number of hydrogen-bond acceptors (Lipinski definition) is 2. The predicted octanol–water partition coefficient (Wildman–Crippen LogP) is 5.59. The molecule has 3 atom stereocenters. The van der Waals surface area contributed by atoms with Gasteiger partial charge in [0, 0.05) is 40.2 Å². The lowest BCUT2D eigenvalue weighted by Gasteiger charge is -2.35. The molecule has 2 N–H and O–H groups in total. The summed E-state index contributed by atoms with van der Waals surface area (Å²) in [6, 6.07) is 10.3. The highest BCUT2D eigenvalue weighted by Gasteiger charge is 2.44. The molecule has 2 aromatic carbocycles. The van der Waals surface area contributed by atoms with E-state index in [-0.39, 0.29) is 29.1 Å². The van der Waals surface area contributed by atoms with E-state index in [1.807, 2.05) is 18.2 Å². The summed E-state index contributed by atoms with van der Waals surface area (Å²) in [7, 11) is 0. The second kappa shape index (κ2) is 7.78. The fraction of sp³-hybridized carbons (Fsp3) is 0.381. The summed E-state index contributed by atoms with van der Waals surface area (Å²) >= 11 is 12.3. The van der Waals surface area contributed by atoms with Gasteiger partial charge in [-0.3, -0.25) is 4.79 Å². The van der Waals surface area contributed by atoms with Crippen molar-refractivity contribution in [3.63, 3.8) is 0 Å². The summed E-state index contributed by atoms with van der Waals surface area (Å²) < 4.78 is 14.0. The SMILES string of the molecule is CC(C)(C)C1NCC(c2cc(F)cc(Cl)c2)C1c1ccc(Cl)cc1NC=O. The Kier molecular flexibility index (Phi) is 5.80. The number of rotatable bonds is 4. The zero-order chi connectivity index (χ0) is 19.8. The van der Waals surface area contributed by atoms with Crippen LogP contribution in [0.3, 0.4) is 0 Å². The maximum atomic E-state index is 14.0. The summed E-state index contributed by atoms with van der Waals surface area (Å²) in [6.07, 6.45) is 0.650. The first-order chi connectivity index (χ1) is 12.7. The number of carbonyl (C=O) groups is 1. The minimum atomic E-state index is -0.349. The molecule has 1 amide bonds. The molecule has 6 heteroatoms. The molecule has 27 heavy (non-hydrogen) atoms. The van der Waals surface area contributed by atoms with E-state index in [4.69, 9.17) is 23.2 Å². The van der Waals surface area contributed by atoms with Crippen molar-refractivity contribution in [3.05, 3.63) is 63.4 Å². The van der Waals surface area contributed by atoms with E-state index in [2.05, 4.69) is 31.4 Å². The smallest absolute Gasteiger partial charge is 0.211 e. The molecular weight excluding hydrogens is 386 g/mol. The number of carbonyl (C=O) groups excluding carboxylic acids is 1. The van der Waals surface area contributed by atoms with Gasteiger partial charge in [-0.05, 0) is 46.9 Å². The summed E-state index contributed by atoms with van der Waals surface area (Å²) in [4.78, 5) is 11.1. The van der Waals surface area contributed by atoms with Gasteiger partial charge in [0.05, 0.1) is 0 Å². The normalized spacial score (nSPS) is 22.7. The quantitative estimate of drug-likeness (QED) is 0.647. The topological polar surface area (TPSA) is 41.1 Å². The van der Waals surface area contributed by atoms with Crippen LogP contribution in [0, 0.1) is 11.2 Å². The first-order valence-corrected chi connectivity index (χ1v) is 9.65. The van der Waals surface area contributed by atoms with E-state index in [9.17, 15) is 9.18 Å². The van der Waals surface area contributed by atoms with Gasteiger partial charge in [-0.2, -0.15) is 0 Å². The van der Waals surface area contributed by atoms with Crippen LogP contribution in [0.25, 0.3) is 0 Å². The van der Waals surface area contributed by atoms with Crippen molar-refractivity contribution < 1.29 is 9.18 Å². The molecule has 1 aliphatic heterocycles. The Morgan fingerprint density at radius 3 is 2.52 bits per heavy atom. The maximum Gasteiger partial charge on any atom is 0.211 e. The second-order valence-electron chi connectivity index (χ2n) is 8.08. The van der Waals surface area contributed by atoms with Gasteiger partial charge in [0.25, 0.3) is 0 Å². The van der Waals surface area contributed by atoms with Gasteiger partial charge in [0.2, 0.25) is 6.41 Å². The van der Waals surface area contributed by atoms with Crippen molar-refractivity contribution in [1.29, 1.82) is 0 Å². The maximum absolute atomic E-state index is 14.0. The Morgan fingerprint density at radius 1 is 1.15 bits per heavy atom. The van der Waals surface area contributed by atoms with Crippen molar-refractivity contribution in [3.8, 4) is 0 Å². The van der Waals surface area contributed by atoms with E-state index >= 15 is 0 Å². The van der Waals surface area contributed by atoms with Crippen LogP contribution in [0.2, 0.25) is 10.0 Å². The molecule has 0 radical (unpaired) electrons. The second-order valence-corrected chi connectivity index (χ2v) is 8.95. The van der Waals surface area contributed by atoms with Gasteiger partial charge >= 0.3 is 0 Å². The van der Waals surface area contributed by atoms with Gasteiger partial charge in [-0.15, -0.1) is 0 Å². The van der Waals surface area contributed by atoms with Crippen molar-refractivity contribution in [2.24, 2.45) is 5.41 Å². The molecule has 0 aromatic heterocycles. The molecule has 2 aromatic rings. The molecule has 3 nitrogen and oxygen atoms in total. The van der Waals surface area contributed by atoms with Gasteiger partial charge < -0.3 is 10.6 Å². The van der Waals surface area contributed by atoms with Gasteiger partial charge in [0.15, 0.2) is 0 Å². The van der Waals surface area contributed by atoms with Crippen LogP contribution in [0.4, 0.5) is 10.1 Å². The molecule has 0 spiro atoms. The van der Waals surface area contributed by atoms with Crippen LogP contribution >= 0.6 is 23.2 Å². The van der Waals surface area contributed by atoms with Crippen LogP contribution in [0.15, 0.2) is 36.4 Å². The van der Waals surface area contributed by atoms with Crippen molar-refractivity contribution in [2.75, 3.05) is 11.9 Å². The Balaban J connectivity index is 2.14. The Labute approximate surface area is 169 Å². The summed E-state index contributed by atoms with van der Waals surface area (Å²) in [6.45, 7) is 7.19. The molecule has 0 saturated carbocycles. The lowest BCUT2D eigenvalue weighted by Crippen LogP contribution is -2.39. The zero-order valence-corrected chi connectivity index (χ0v) is 17.0. The standard InChI is InChI=1S/C21H23Cl2FN2O/c1-21(2,3)20-19(16-5-4-13(22)9-18(16)26-11-27)17(10-25-20)12-6-14(23)8-15(24)7-12/h4-9,11,17,19-20,25H,10H2,1-3H3,(H,26,27). The van der Waals surface area contributed by atoms with Gasteiger partial charge in [0.1, 0.15) is 5.82 Å². The number of halogens is 3. The molecule has 3 unspecified atom stereocenters. The van der Waals surface area contributed by atoms with E-state index < -0.39 is 0 Å². The molecule has 1 aliphatic rings. The lowest BCUT2D eigenvalue weighted by atomic mass is 9.72. The fourth-order valence-corrected chi connectivity index (χ4v) is 4.51.